The molecule has 0 atom stereocenters. The second-order valence-corrected chi connectivity index (χ2v) is 4.95. The lowest BCUT2D eigenvalue weighted by Crippen LogP contribution is -2.41. The molecule has 0 spiro atoms. The molecule has 1 aromatic rings. The quantitative estimate of drug-likeness (QED) is 0.883. The van der Waals surface area contributed by atoms with E-state index in [0.717, 1.165) is 18.6 Å². The maximum atomic E-state index is 12.6. The molecule has 0 bridgehead atoms. The van der Waals surface area contributed by atoms with Crippen molar-refractivity contribution in [3.8, 4) is 5.75 Å². The van der Waals surface area contributed by atoms with Crippen molar-refractivity contribution in [1.82, 2.24) is 4.90 Å². The van der Waals surface area contributed by atoms with Crippen molar-refractivity contribution in [2.75, 3.05) is 20.2 Å². The van der Waals surface area contributed by atoms with Crippen molar-refractivity contribution < 1.29 is 9.53 Å². The predicted octanol–water partition coefficient (Wildman–Crippen LogP) is 2.04. The van der Waals surface area contributed by atoms with Crippen LogP contribution in [-0.2, 0) is 0 Å². The number of hydrogen-bond acceptors (Lipinski definition) is 3. The maximum Gasteiger partial charge on any atom is 0.254 e. The van der Waals surface area contributed by atoms with Gasteiger partial charge in [-0.3, -0.25) is 4.79 Å². The molecule has 1 aromatic carbocycles. The van der Waals surface area contributed by atoms with Gasteiger partial charge in [0.1, 0.15) is 5.75 Å². The fourth-order valence-electron chi connectivity index (χ4n) is 2.70. The van der Waals surface area contributed by atoms with Gasteiger partial charge >= 0.3 is 0 Å². The molecular formula is C15H22N2O2. The Bertz CT molecular complexity index is 411. The highest BCUT2D eigenvalue weighted by Crippen LogP contribution is 2.25. The minimum absolute atomic E-state index is 0.0833. The van der Waals surface area contributed by atoms with E-state index in [2.05, 4.69) is 0 Å². The molecule has 0 saturated heterocycles. The van der Waals surface area contributed by atoms with E-state index in [-0.39, 0.29) is 5.91 Å². The molecule has 4 heteroatoms. The zero-order chi connectivity index (χ0) is 13.7. The summed E-state index contributed by atoms with van der Waals surface area (Å²) in [7, 11) is 1.62. The minimum atomic E-state index is 0.0833. The van der Waals surface area contributed by atoms with Gasteiger partial charge in [-0.2, -0.15) is 0 Å². The molecule has 0 aromatic heterocycles. The Morgan fingerprint density at radius 2 is 1.95 bits per heavy atom. The third-order valence-corrected chi connectivity index (χ3v) is 3.73. The average Bonchev–Trinajstić information content (AvgIpc) is 2.98. The van der Waals surface area contributed by atoms with Gasteiger partial charge in [0.05, 0.1) is 7.11 Å². The van der Waals surface area contributed by atoms with Crippen LogP contribution < -0.4 is 10.5 Å². The van der Waals surface area contributed by atoms with E-state index >= 15 is 0 Å². The second kappa shape index (κ2) is 6.57. The van der Waals surface area contributed by atoms with Gasteiger partial charge in [-0.1, -0.05) is 12.8 Å². The summed E-state index contributed by atoms with van der Waals surface area (Å²) in [6, 6.07) is 7.64. The normalized spacial score (nSPS) is 15.5. The standard InChI is InChI=1S/C15H22N2O2/c1-19-14-8-6-12(7-9-14)15(18)17(11-10-16)13-4-2-3-5-13/h6-9,13H,2-5,10-11,16H2,1H3. The van der Waals surface area contributed by atoms with Crippen LogP contribution in [0.2, 0.25) is 0 Å². The Labute approximate surface area is 114 Å². The smallest absolute Gasteiger partial charge is 0.254 e. The van der Waals surface area contributed by atoms with Gasteiger partial charge in [0.15, 0.2) is 0 Å². The highest BCUT2D eigenvalue weighted by molar-refractivity contribution is 5.94. The summed E-state index contributed by atoms with van der Waals surface area (Å²) in [5.41, 5.74) is 6.35. The first kappa shape index (κ1) is 13.9. The number of hydrogen-bond donors (Lipinski definition) is 1. The number of methoxy groups -OCH3 is 1. The molecule has 0 radical (unpaired) electrons. The molecule has 1 aliphatic carbocycles. The number of carbonyl (C=O) groups is 1. The lowest BCUT2D eigenvalue weighted by molar-refractivity contribution is 0.0688. The number of rotatable bonds is 5. The highest BCUT2D eigenvalue weighted by Gasteiger charge is 2.26. The molecule has 1 aliphatic rings. The summed E-state index contributed by atoms with van der Waals surface area (Å²) >= 11 is 0. The second-order valence-electron chi connectivity index (χ2n) is 4.95. The van der Waals surface area contributed by atoms with E-state index in [1.807, 2.05) is 29.2 Å². The fourth-order valence-corrected chi connectivity index (χ4v) is 2.70. The van der Waals surface area contributed by atoms with Gasteiger partial charge in [0.2, 0.25) is 0 Å². The molecule has 1 fully saturated rings. The summed E-state index contributed by atoms with van der Waals surface area (Å²) in [4.78, 5) is 14.5. The van der Waals surface area contributed by atoms with Crippen molar-refractivity contribution in [1.29, 1.82) is 0 Å². The average molecular weight is 262 g/mol. The zero-order valence-corrected chi connectivity index (χ0v) is 11.5. The Balaban J connectivity index is 2.12. The molecule has 0 aliphatic heterocycles. The third kappa shape index (κ3) is 3.26. The van der Waals surface area contributed by atoms with Crippen LogP contribution in [0.1, 0.15) is 36.0 Å². The van der Waals surface area contributed by atoms with Gasteiger partial charge in [-0.25, -0.2) is 0 Å². The van der Waals surface area contributed by atoms with Gasteiger partial charge in [-0.05, 0) is 37.1 Å². The molecule has 0 unspecified atom stereocenters. The number of carbonyl (C=O) groups excluding carboxylic acids is 1. The van der Waals surface area contributed by atoms with E-state index in [9.17, 15) is 4.79 Å². The van der Waals surface area contributed by atoms with E-state index in [1.165, 1.54) is 12.8 Å². The van der Waals surface area contributed by atoms with Crippen LogP contribution in [-0.4, -0.2) is 37.0 Å². The van der Waals surface area contributed by atoms with Crippen molar-refractivity contribution in [3.63, 3.8) is 0 Å². The Morgan fingerprint density at radius 3 is 2.47 bits per heavy atom. The molecular weight excluding hydrogens is 240 g/mol. The number of nitrogens with zero attached hydrogens (tertiary/aromatic N) is 1. The van der Waals surface area contributed by atoms with Crippen LogP contribution in [0.4, 0.5) is 0 Å². The van der Waals surface area contributed by atoms with E-state index in [0.29, 0.717) is 24.7 Å². The van der Waals surface area contributed by atoms with Crippen LogP contribution in [0.15, 0.2) is 24.3 Å². The van der Waals surface area contributed by atoms with Crippen molar-refractivity contribution in [2.24, 2.45) is 5.73 Å². The lowest BCUT2D eigenvalue weighted by Gasteiger charge is -2.28. The largest absolute Gasteiger partial charge is 0.497 e. The van der Waals surface area contributed by atoms with Crippen molar-refractivity contribution in [3.05, 3.63) is 29.8 Å². The number of amides is 1. The SMILES string of the molecule is COc1ccc(C(=O)N(CCN)C2CCCC2)cc1. The topological polar surface area (TPSA) is 55.6 Å². The Morgan fingerprint density at radius 1 is 1.32 bits per heavy atom. The first-order chi connectivity index (χ1) is 9.26. The summed E-state index contributed by atoms with van der Waals surface area (Å²) in [6.07, 6.45) is 4.62. The van der Waals surface area contributed by atoms with Crippen LogP contribution in [0.3, 0.4) is 0 Å². The van der Waals surface area contributed by atoms with Gasteiger partial charge in [0.25, 0.3) is 5.91 Å². The molecule has 1 amide bonds. The molecule has 2 N–H and O–H groups in total. The molecule has 104 valence electrons. The number of benzene rings is 1. The first-order valence-corrected chi connectivity index (χ1v) is 6.91. The summed E-state index contributed by atoms with van der Waals surface area (Å²) in [6.45, 7) is 1.15. The summed E-state index contributed by atoms with van der Waals surface area (Å²) in [5.74, 6) is 0.850. The molecule has 0 heterocycles. The van der Waals surface area contributed by atoms with Crippen LogP contribution in [0.5, 0.6) is 5.75 Å². The predicted molar refractivity (Wildman–Crippen MR) is 75.3 cm³/mol. The van der Waals surface area contributed by atoms with Crippen LogP contribution in [0, 0.1) is 0 Å². The number of nitrogens with two attached hydrogens (primary N) is 1. The van der Waals surface area contributed by atoms with Gasteiger partial charge in [-0.15, -0.1) is 0 Å². The molecule has 4 nitrogen and oxygen atoms in total. The van der Waals surface area contributed by atoms with E-state index < -0.39 is 0 Å². The monoisotopic (exact) mass is 262 g/mol. The highest BCUT2D eigenvalue weighted by atomic mass is 16.5. The molecule has 19 heavy (non-hydrogen) atoms. The first-order valence-electron chi connectivity index (χ1n) is 6.91. The minimum Gasteiger partial charge on any atom is -0.497 e. The Hall–Kier alpha value is -1.55. The maximum absolute atomic E-state index is 12.6. The van der Waals surface area contributed by atoms with Crippen molar-refractivity contribution >= 4 is 5.91 Å². The zero-order valence-electron chi connectivity index (χ0n) is 11.5. The number of ether oxygens (including phenoxy) is 1. The van der Waals surface area contributed by atoms with Crippen molar-refractivity contribution in [2.45, 2.75) is 31.7 Å². The molecule has 2 rings (SSSR count). The van der Waals surface area contributed by atoms with Gasteiger partial charge in [0, 0.05) is 24.7 Å². The van der Waals surface area contributed by atoms with E-state index in [1.54, 1.807) is 7.11 Å². The van der Waals surface area contributed by atoms with Crippen LogP contribution in [0.25, 0.3) is 0 Å². The van der Waals surface area contributed by atoms with E-state index in [4.69, 9.17) is 10.5 Å². The van der Waals surface area contributed by atoms with Crippen LogP contribution >= 0.6 is 0 Å². The fraction of sp³-hybridized carbons (Fsp3) is 0.533. The molecule has 1 saturated carbocycles. The summed E-state index contributed by atoms with van der Waals surface area (Å²) < 4.78 is 5.11. The third-order valence-electron chi connectivity index (χ3n) is 3.73. The lowest BCUT2D eigenvalue weighted by atomic mass is 10.1. The summed E-state index contributed by atoms with van der Waals surface area (Å²) in [5, 5.41) is 0. The Kier molecular flexibility index (Phi) is 4.80. The van der Waals surface area contributed by atoms with Gasteiger partial charge < -0.3 is 15.4 Å².